The number of nitrogens with zero attached hydrogens (tertiary/aromatic N) is 1. The summed E-state index contributed by atoms with van der Waals surface area (Å²) in [6, 6.07) is 7.92. The third-order valence-electron chi connectivity index (χ3n) is 3.41. The van der Waals surface area contributed by atoms with E-state index in [0.29, 0.717) is 12.0 Å². The summed E-state index contributed by atoms with van der Waals surface area (Å²) in [6.07, 6.45) is 2.21. The van der Waals surface area contributed by atoms with Crippen molar-refractivity contribution >= 4 is 11.3 Å². The number of hydrogen-bond donors (Lipinski definition) is 1. The van der Waals surface area contributed by atoms with E-state index in [2.05, 4.69) is 48.6 Å². The van der Waals surface area contributed by atoms with Crippen LogP contribution in [0.4, 0.5) is 4.39 Å². The molecule has 2 heterocycles. The summed E-state index contributed by atoms with van der Waals surface area (Å²) in [6.45, 7) is 6.54. The topological polar surface area (TPSA) is 24.9 Å². The summed E-state index contributed by atoms with van der Waals surface area (Å²) in [5.74, 6) is 0.199. The van der Waals surface area contributed by atoms with E-state index >= 15 is 0 Å². The third kappa shape index (κ3) is 3.64. The Balaban J connectivity index is 2.17. The third-order valence-corrected chi connectivity index (χ3v) is 4.37. The van der Waals surface area contributed by atoms with Crippen LogP contribution in [0.1, 0.15) is 49.8 Å². The van der Waals surface area contributed by atoms with E-state index in [1.807, 2.05) is 0 Å². The maximum Gasteiger partial charge on any atom is 0.141 e. The molecule has 0 radical (unpaired) electrons. The summed E-state index contributed by atoms with van der Waals surface area (Å²) >= 11 is 1.77. The van der Waals surface area contributed by atoms with Crippen molar-refractivity contribution in [1.29, 1.82) is 0 Å². The normalized spacial score (nSPS) is 14.4. The minimum atomic E-state index is -0.290. The molecule has 4 heteroatoms. The van der Waals surface area contributed by atoms with Crippen LogP contribution in [0.5, 0.6) is 0 Å². The molecule has 0 saturated heterocycles. The molecular formula is C16H21FN2S. The van der Waals surface area contributed by atoms with Gasteiger partial charge in [0.2, 0.25) is 0 Å². The lowest BCUT2D eigenvalue weighted by Gasteiger charge is -2.27. The summed E-state index contributed by atoms with van der Waals surface area (Å²) < 4.78 is 13.0. The second-order valence-electron chi connectivity index (χ2n) is 5.27. The molecular weight excluding hydrogens is 271 g/mol. The van der Waals surface area contributed by atoms with Gasteiger partial charge in [-0.1, -0.05) is 26.8 Å². The van der Waals surface area contributed by atoms with Crippen molar-refractivity contribution in [2.75, 3.05) is 0 Å². The molecule has 20 heavy (non-hydrogen) atoms. The summed E-state index contributed by atoms with van der Waals surface area (Å²) in [7, 11) is 0. The number of nitrogens with one attached hydrogen (secondary N) is 1. The van der Waals surface area contributed by atoms with Crippen molar-refractivity contribution in [3.63, 3.8) is 0 Å². The van der Waals surface area contributed by atoms with Crippen LogP contribution in [-0.4, -0.2) is 4.98 Å². The number of hydrogen-bond acceptors (Lipinski definition) is 3. The van der Waals surface area contributed by atoms with Gasteiger partial charge in [0.1, 0.15) is 5.82 Å². The van der Waals surface area contributed by atoms with Crippen LogP contribution in [0, 0.1) is 11.7 Å². The lowest BCUT2D eigenvalue weighted by molar-refractivity contribution is 0.357. The standard InChI is InChI=1S/C16H21FN2S/c1-4-13(14-8-7-12(17)10-18-14)19-16(11(2)3)15-6-5-9-20-15/h5-11,13,16,19H,4H2,1-3H3. The summed E-state index contributed by atoms with van der Waals surface area (Å²) in [5.41, 5.74) is 0.899. The lowest BCUT2D eigenvalue weighted by atomic mass is 10.00. The molecule has 0 fully saturated rings. The van der Waals surface area contributed by atoms with Gasteiger partial charge in [-0.25, -0.2) is 4.39 Å². The number of thiophene rings is 1. The minimum absolute atomic E-state index is 0.144. The molecule has 0 aromatic carbocycles. The Kier molecular flexibility index (Phi) is 5.26. The maximum atomic E-state index is 13.0. The highest BCUT2D eigenvalue weighted by Crippen LogP contribution is 2.29. The van der Waals surface area contributed by atoms with Gasteiger partial charge in [0, 0.05) is 17.0 Å². The molecule has 0 aliphatic carbocycles. The van der Waals surface area contributed by atoms with Gasteiger partial charge >= 0.3 is 0 Å². The Bertz CT molecular complexity index is 508. The van der Waals surface area contributed by atoms with Crippen molar-refractivity contribution in [3.05, 3.63) is 52.2 Å². The summed E-state index contributed by atoms with van der Waals surface area (Å²) in [4.78, 5) is 5.54. The lowest BCUT2D eigenvalue weighted by Crippen LogP contribution is -2.29. The van der Waals surface area contributed by atoms with Crippen LogP contribution >= 0.6 is 11.3 Å². The first-order valence-corrected chi connectivity index (χ1v) is 7.90. The highest BCUT2D eigenvalue weighted by molar-refractivity contribution is 7.10. The largest absolute Gasteiger partial charge is 0.301 e. The quantitative estimate of drug-likeness (QED) is 0.833. The minimum Gasteiger partial charge on any atom is -0.301 e. The molecule has 0 saturated carbocycles. The predicted molar refractivity (Wildman–Crippen MR) is 82.3 cm³/mol. The zero-order valence-corrected chi connectivity index (χ0v) is 13.0. The Labute approximate surface area is 124 Å². The molecule has 2 aromatic heterocycles. The molecule has 0 aliphatic heterocycles. The first-order valence-electron chi connectivity index (χ1n) is 7.02. The van der Waals surface area contributed by atoms with Crippen molar-refractivity contribution in [2.45, 2.75) is 39.3 Å². The van der Waals surface area contributed by atoms with Crippen molar-refractivity contribution < 1.29 is 4.39 Å². The van der Waals surface area contributed by atoms with E-state index in [9.17, 15) is 4.39 Å². The monoisotopic (exact) mass is 292 g/mol. The number of rotatable bonds is 6. The Morgan fingerprint density at radius 1 is 1.30 bits per heavy atom. The molecule has 0 aliphatic rings. The first-order chi connectivity index (χ1) is 9.61. The van der Waals surface area contributed by atoms with Gasteiger partial charge in [-0.2, -0.15) is 0 Å². The highest BCUT2D eigenvalue weighted by atomic mass is 32.1. The molecule has 2 unspecified atom stereocenters. The van der Waals surface area contributed by atoms with Crippen LogP contribution in [0.15, 0.2) is 35.8 Å². The van der Waals surface area contributed by atoms with E-state index in [-0.39, 0.29) is 11.9 Å². The Morgan fingerprint density at radius 3 is 2.60 bits per heavy atom. The van der Waals surface area contributed by atoms with E-state index < -0.39 is 0 Å². The van der Waals surface area contributed by atoms with E-state index in [1.165, 1.54) is 17.1 Å². The number of pyridine rings is 1. The van der Waals surface area contributed by atoms with Gasteiger partial charge in [-0.05, 0) is 35.9 Å². The number of halogens is 1. The van der Waals surface area contributed by atoms with Crippen molar-refractivity contribution in [3.8, 4) is 0 Å². The fourth-order valence-electron chi connectivity index (χ4n) is 2.29. The zero-order chi connectivity index (χ0) is 14.5. The van der Waals surface area contributed by atoms with Gasteiger partial charge in [0.25, 0.3) is 0 Å². The molecule has 2 atom stereocenters. The molecule has 2 nitrogen and oxygen atoms in total. The summed E-state index contributed by atoms with van der Waals surface area (Å²) in [5, 5.41) is 5.77. The van der Waals surface area contributed by atoms with E-state index in [1.54, 1.807) is 17.4 Å². The van der Waals surface area contributed by atoms with Gasteiger partial charge in [-0.15, -0.1) is 11.3 Å². The fourth-order valence-corrected chi connectivity index (χ4v) is 3.25. The van der Waals surface area contributed by atoms with Crippen molar-refractivity contribution in [2.24, 2.45) is 5.92 Å². The van der Waals surface area contributed by atoms with Gasteiger partial charge < -0.3 is 5.32 Å². The van der Waals surface area contributed by atoms with Crippen molar-refractivity contribution in [1.82, 2.24) is 10.3 Å². The van der Waals surface area contributed by atoms with Crippen LogP contribution < -0.4 is 5.32 Å². The maximum absolute atomic E-state index is 13.0. The SMILES string of the molecule is CCC(NC(c1cccs1)C(C)C)c1ccc(F)cn1. The van der Waals surface area contributed by atoms with Crippen LogP contribution in [-0.2, 0) is 0 Å². The molecule has 2 rings (SSSR count). The molecule has 108 valence electrons. The zero-order valence-electron chi connectivity index (χ0n) is 12.1. The number of aromatic nitrogens is 1. The predicted octanol–water partition coefficient (Wildman–Crippen LogP) is 4.72. The van der Waals surface area contributed by atoms with Gasteiger partial charge in [0.15, 0.2) is 0 Å². The highest BCUT2D eigenvalue weighted by Gasteiger charge is 2.21. The van der Waals surface area contributed by atoms with E-state index in [0.717, 1.165) is 12.1 Å². The molecule has 0 bridgehead atoms. The average molecular weight is 292 g/mol. The molecule has 0 amide bonds. The van der Waals surface area contributed by atoms with Crippen LogP contribution in [0.2, 0.25) is 0 Å². The van der Waals surface area contributed by atoms with Crippen LogP contribution in [0.25, 0.3) is 0 Å². The van der Waals surface area contributed by atoms with Crippen LogP contribution in [0.3, 0.4) is 0 Å². The first kappa shape index (κ1) is 15.1. The van der Waals surface area contributed by atoms with Gasteiger partial charge in [-0.3, -0.25) is 4.98 Å². The Hall–Kier alpha value is -1.26. The molecule has 1 N–H and O–H groups in total. The fraction of sp³-hybridized carbons (Fsp3) is 0.438. The second-order valence-corrected chi connectivity index (χ2v) is 6.25. The molecule has 0 spiro atoms. The average Bonchev–Trinajstić information content (AvgIpc) is 2.95. The van der Waals surface area contributed by atoms with Gasteiger partial charge in [0.05, 0.1) is 11.9 Å². The second kappa shape index (κ2) is 6.95. The Morgan fingerprint density at radius 2 is 2.10 bits per heavy atom. The van der Waals surface area contributed by atoms with E-state index in [4.69, 9.17) is 0 Å². The molecule has 2 aromatic rings. The smallest absolute Gasteiger partial charge is 0.141 e.